The van der Waals surface area contributed by atoms with E-state index in [0.717, 1.165) is 11.8 Å². The molecule has 0 fully saturated rings. The Bertz CT molecular complexity index is 183. The first-order chi connectivity index (χ1) is 7.61. The average molecular weight is 292 g/mol. The summed E-state index contributed by atoms with van der Waals surface area (Å²) >= 11 is 3.43. The predicted molar refractivity (Wildman–Crippen MR) is 73.9 cm³/mol. The van der Waals surface area contributed by atoms with Crippen LogP contribution in [0.4, 0.5) is 0 Å². The lowest BCUT2D eigenvalue weighted by Gasteiger charge is -2.19. The molecule has 0 bridgehead atoms. The van der Waals surface area contributed by atoms with Gasteiger partial charge in [0, 0.05) is 17.8 Å². The first-order valence-electron chi connectivity index (χ1n) is 6.47. The maximum absolute atomic E-state index is 11.6. The molecule has 0 aliphatic heterocycles. The van der Waals surface area contributed by atoms with Gasteiger partial charge in [-0.15, -0.1) is 0 Å². The Morgan fingerprint density at radius 3 is 2.31 bits per heavy atom. The van der Waals surface area contributed by atoms with Crippen LogP contribution in [0, 0.1) is 5.92 Å². The van der Waals surface area contributed by atoms with Crippen molar-refractivity contribution in [2.75, 3.05) is 5.33 Å². The van der Waals surface area contributed by atoms with Gasteiger partial charge < -0.3 is 5.32 Å². The molecule has 0 heterocycles. The number of hydrogen-bond donors (Lipinski definition) is 1. The maximum Gasteiger partial charge on any atom is 0.220 e. The molecule has 3 heteroatoms. The summed E-state index contributed by atoms with van der Waals surface area (Å²) in [6.07, 6.45) is 6.69. The molecular weight excluding hydrogens is 266 g/mol. The Balaban J connectivity index is 3.57. The summed E-state index contributed by atoms with van der Waals surface area (Å²) in [5.41, 5.74) is 0. The summed E-state index contributed by atoms with van der Waals surface area (Å²) < 4.78 is 0. The van der Waals surface area contributed by atoms with Gasteiger partial charge in [-0.3, -0.25) is 4.79 Å². The second kappa shape index (κ2) is 10.1. The minimum absolute atomic E-state index is 0.203. The third kappa shape index (κ3) is 8.14. The van der Waals surface area contributed by atoms with Crippen LogP contribution < -0.4 is 5.32 Å². The molecule has 0 radical (unpaired) electrons. The summed E-state index contributed by atoms with van der Waals surface area (Å²) in [7, 11) is 0. The van der Waals surface area contributed by atoms with Gasteiger partial charge in [0.25, 0.3) is 0 Å². The van der Waals surface area contributed by atoms with E-state index in [4.69, 9.17) is 0 Å². The molecule has 1 atom stereocenters. The van der Waals surface area contributed by atoms with E-state index in [1.165, 1.54) is 25.7 Å². The van der Waals surface area contributed by atoms with Gasteiger partial charge in [-0.05, 0) is 12.3 Å². The molecule has 0 aliphatic rings. The first-order valence-corrected chi connectivity index (χ1v) is 7.59. The lowest BCUT2D eigenvalue weighted by atomic mass is 10.1. The molecule has 0 saturated heterocycles. The topological polar surface area (TPSA) is 29.1 Å². The van der Waals surface area contributed by atoms with Crippen molar-refractivity contribution in [3.63, 3.8) is 0 Å². The van der Waals surface area contributed by atoms with Crippen LogP contribution in [0.3, 0.4) is 0 Å². The SMILES string of the molecule is CCCCCCCC(=O)NC(CBr)C(C)C. The number of halogens is 1. The molecule has 1 unspecified atom stereocenters. The number of alkyl halides is 1. The maximum atomic E-state index is 11.6. The van der Waals surface area contributed by atoms with Gasteiger partial charge in [0.05, 0.1) is 0 Å². The fourth-order valence-corrected chi connectivity index (χ4v) is 2.46. The molecule has 0 spiro atoms. The quantitative estimate of drug-likeness (QED) is 0.507. The van der Waals surface area contributed by atoms with Crippen molar-refractivity contribution in [3.05, 3.63) is 0 Å². The van der Waals surface area contributed by atoms with E-state index in [0.29, 0.717) is 12.3 Å². The van der Waals surface area contributed by atoms with Crippen molar-refractivity contribution in [2.24, 2.45) is 5.92 Å². The van der Waals surface area contributed by atoms with E-state index in [2.05, 4.69) is 42.0 Å². The van der Waals surface area contributed by atoms with Crippen molar-refractivity contribution >= 4 is 21.8 Å². The van der Waals surface area contributed by atoms with Gasteiger partial charge >= 0.3 is 0 Å². The number of nitrogens with one attached hydrogen (secondary N) is 1. The molecule has 1 amide bonds. The van der Waals surface area contributed by atoms with Crippen LogP contribution in [-0.2, 0) is 4.79 Å². The molecule has 0 aromatic rings. The lowest BCUT2D eigenvalue weighted by molar-refractivity contribution is -0.122. The van der Waals surface area contributed by atoms with Crippen LogP contribution >= 0.6 is 15.9 Å². The number of hydrogen-bond acceptors (Lipinski definition) is 1. The summed E-state index contributed by atoms with van der Waals surface area (Å²) in [4.78, 5) is 11.6. The molecule has 0 aliphatic carbocycles. The second-order valence-electron chi connectivity index (χ2n) is 4.74. The Hall–Kier alpha value is -0.0500. The fourth-order valence-electron chi connectivity index (χ4n) is 1.55. The van der Waals surface area contributed by atoms with E-state index in [1.54, 1.807) is 0 Å². The number of carbonyl (C=O) groups excluding carboxylic acids is 1. The van der Waals surface area contributed by atoms with Gasteiger partial charge in [-0.25, -0.2) is 0 Å². The summed E-state index contributed by atoms with van der Waals surface area (Å²) in [6, 6.07) is 0.267. The van der Waals surface area contributed by atoms with Crippen LogP contribution in [0.15, 0.2) is 0 Å². The number of carbonyl (C=O) groups is 1. The smallest absolute Gasteiger partial charge is 0.220 e. The largest absolute Gasteiger partial charge is 0.352 e. The highest BCUT2D eigenvalue weighted by Gasteiger charge is 2.13. The van der Waals surface area contributed by atoms with Crippen molar-refractivity contribution in [1.29, 1.82) is 0 Å². The molecule has 0 aromatic carbocycles. The highest BCUT2D eigenvalue weighted by atomic mass is 79.9. The normalized spacial score (nSPS) is 12.8. The summed E-state index contributed by atoms with van der Waals surface area (Å²) in [5.74, 6) is 0.693. The van der Waals surface area contributed by atoms with Crippen molar-refractivity contribution in [1.82, 2.24) is 5.32 Å². The molecule has 0 saturated carbocycles. The Kier molecular flexibility index (Phi) is 10.1. The van der Waals surface area contributed by atoms with Crippen LogP contribution in [0.2, 0.25) is 0 Å². The van der Waals surface area contributed by atoms with Gasteiger partial charge in [-0.1, -0.05) is 62.4 Å². The molecule has 1 N–H and O–H groups in total. The Morgan fingerprint density at radius 2 is 1.81 bits per heavy atom. The number of amides is 1. The predicted octanol–water partition coefficient (Wildman–Crippen LogP) is 3.88. The van der Waals surface area contributed by atoms with Crippen molar-refractivity contribution in [3.8, 4) is 0 Å². The van der Waals surface area contributed by atoms with Gasteiger partial charge in [0.2, 0.25) is 5.91 Å². The second-order valence-corrected chi connectivity index (χ2v) is 5.38. The van der Waals surface area contributed by atoms with E-state index in [9.17, 15) is 4.79 Å². The average Bonchev–Trinajstić information content (AvgIpc) is 2.25. The van der Waals surface area contributed by atoms with Crippen LogP contribution in [0.25, 0.3) is 0 Å². The highest BCUT2D eigenvalue weighted by molar-refractivity contribution is 9.09. The van der Waals surface area contributed by atoms with Gasteiger partial charge in [0.15, 0.2) is 0 Å². The van der Waals surface area contributed by atoms with E-state index in [1.807, 2.05) is 0 Å². The molecule has 0 aromatic heterocycles. The minimum atomic E-state index is 0.203. The Labute approximate surface area is 109 Å². The standard InChI is InChI=1S/C13H26BrNO/c1-4-5-6-7-8-9-13(16)15-12(10-14)11(2)3/h11-12H,4-10H2,1-3H3,(H,15,16). The zero-order chi connectivity index (χ0) is 12.4. The van der Waals surface area contributed by atoms with Gasteiger partial charge in [-0.2, -0.15) is 0 Å². The summed E-state index contributed by atoms with van der Waals surface area (Å²) in [6.45, 7) is 6.47. The molecule has 96 valence electrons. The third-order valence-electron chi connectivity index (χ3n) is 2.82. The summed E-state index contributed by atoms with van der Waals surface area (Å²) in [5, 5.41) is 3.91. The zero-order valence-corrected chi connectivity index (χ0v) is 12.5. The van der Waals surface area contributed by atoms with Crippen LogP contribution in [0.5, 0.6) is 0 Å². The van der Waals surface area contributed by atoms with Crippen LogP contribution in [0.1, 0.15) is 59.3 Å². The van der Waals surface area contributed by atoms with E-state index >= 15 is 0 Å². The number of rotatable bonds is 9. The monoisotopic (exact) mass is 291 g/mol. The number of unbranched alkanes of at least 4 members (excludes halogenated alkanes) is 4. The zero-order valence-electron chi connectivity index (χ0n) is 10.9. The van der Waals surface area contributed by atoms with Crippen molar-refractivity contribution < 1.29 is 4.79 Å². The fraction of sp³-hybridized carbons (Fsp3) is 0.923. The van der Waals surface area contributed by atoms with E-state index < -0.39 is 0 Å². The lowest BCUT2D eigenvalue weighted by Crippen LogP contribution is -2.39. The van der Waals surface area contributed by atoms with Crippen LogP contribution in [-0.4, -0.2) is 17.3 Å². The molecular formula is C13H26BrNO. The first kappa shape index (κ1) is 16.0. The van der Waals surface area contributed by atoms with Gasteiger partial charge in [0.1, 0.15) is 0 Å². The molecule has 2 nitrogen and oxygen atoms in total. The molecule has 16 heavy (non-hydrogen) atoms. The molecule has 0 rings (SSSR count). The van der Waals surface area contributed by atoms with E-state index in [-0.39, 0.29) is 11.9 Å². The third-order valence-corrected chi connectivity index (χ3v) is 3.52. The Morgan fingerprint density at radius 1 is 1.19 bits per heavy atom. The minimum Gasteiger partial charge on any atom is -0.352 e. The van der Waals surface area contributed by atoms with Crippen molar-refractivity contribution in [2.45, 2.75) is 65.3 Å². The highest BCUT2D eigenvalue weighted by Crippen LogP contribution is 2.07.